The average Bonchev–Trinajstić information content (AvgIpc) is 2.96. The van der Waals surface area contributed by atoms with Crippen molar-refractivity contribution in [3.63, 3.8) is 0 Å². The van der Waals surface area contributed by atoms with Crippen LogP contribution in [0.25, 0.3) is 11.4 Å². The molecule has 2 aromatic heterocycles. The van der Waals surface area contributed by atoms with Crippen molar-refractivity contribution in [2.45, 2.75) is 64.6 Å². The molecule has 1 saturated carbocycles. The number of rotatable bonds is 6. The summed E-state index contributed by atoms with van der Waals surface area (Å²) in [5.74, 6) is 1.34. The third-order valence-electron chi connectivity index (χ3n) is 4.86. The standard InChI is InChI=1S/C18H28N6O2S/c1-13(2)24-14(3)20-12-16(24)15-8-11-19-17(21-15)22-18(23-27(4,25)26)9-6-5-7-10-18/h8,11-13,23H,5-7,9-10H2,1-4H3,(H,19,21,22). The molecule has 1 aliphatic rings. The molecule has 0 unspecified atom stereocenters. The van der Waals surface area contributed by atoms with E-state index in [9.17, 15) is 8.42 Å². The molecule has 2 N–H and O–H groups in total. The Kier molecular flexibility index (Phi) is 5.53. The molecule has 0 saturated heterocycles. The van der Waals surface area contributed by atoms with Gasteiger partial charge < -0.3 is 9.88 Å². The van der Waals surface area contributed by atoms with E-state index in [4.69, 9.17) is 0 Å². The maximum Gasteiger partial charge on any atom is 0.224 e. The molecule has 0 amide bonds. The fourth-order valence-electron chi connectivity index (χ4n) is 3.83. The molecule has 1 fully saturated rings. The smallest absolute Gasteiger partial charge is 0.224 e. The molecule has 2 aromatic rings. The van der Waals surface area contributed by atoms with E-state index >= 15 is 0 Å². The Morgan fingerprint density at radius 2 is 1.89 bits per heavy atom. The number of imidazole rings is 1. The van der Waals surface area contributed by atoms with E-state index in [0.29, 0.717) is 18.8 Å². The minimum atomic E-state index is -3.36. The topological polar surface area (TPSA) is 102 Å². The Hall–Kier alpha value is -2.00. The minimum absolute atomic E-state index is 0.255. The summed E-state index contributed by atoms with van der Waals surface area (Å²) in [6.45, 7) is 6.17. The summed E-state index contributed by atoms with van der Waals surface area (Å²) in [5.41, 5.74) is 0.937. The van der Waals surface area contributed by atoms with Gasteiger partial charge in [0.05, 0.1) is 23.8 Å². The molecule has 3 rings (SSSR count). The van der Waals surface area contributed by atoms with E-state index in [0.717, 1.165) is 36.5 Å². The summed E-state index contributed by atoms with van der Waals surface area (Å²) < 4.78 is 28.7. The molecule has 1 aliphatic carbocycles. The SMILES string of the molecule is Cc1ncc(-c2ccnc(NC3(NS(C)(=O)=O)CCCCC3)n2)n1C(C)C. The maximum absolute atomic E-state index is 11.9. The summed E-state index contributed by atoms with van der Waals surface area (Å²) >= 11 is 0. The van der Waals surface area contributed by atoms with Crippen LogP contribution in [0.5, 0.6) is 0 Å². The number of nitrogens with one attached hydrogen (secondary N) is 2. The van der Waals surface area contributed by atoms with Gasteiger partial charge >= 0.3 is 0 Å². The van der Waals surface area contributed by atoms with Gasteiger partial charge in [-0.25, -0.2) is 23.4 Å². The first-order chi connectivity index (χ1) is 12.7. The number of anilines is 1. The van der Waals surface area contributed by atoms with Gasteiger partial charge in [0.15, 0.2) is 0 Å². The highest BCUT2D eigenvalue weighted by molar-refractivity contribution is 7.88. The number of aryl methyl sites for hydroxylation is 1. The highest BCUT2D eigenvalue weighted by Crippen LogP contribution is 2.30. The van der Waals surface area contributed by atoms with Crippen molar-refractivity contribution in [3.8, 4) is 11.4 Å². The molecular formula is C18H28N6O2S. The second kappa shape index (κ2) is 7.55. The van der Waals surface area contributed by atoms with Crippen molar-refractivity contribution < 1.29 is 8.42 Å². The first kappa shape index (κ1) is 19.8. The van der Waals surface area contributed by atoms with Gasteiger partial charge in [-0.05, 0) is 52.5 Å². The van der Waals surface area contributed by atoms with Gasteiger partial charge in [-0.3, -0.25) is 0 Å². The average molecular weight is 393 g/mol. The zero-order valence-corrected chi connectivity index (χ0v) is 17.2. The van der Waals surface area contributed by atoms with Crippen LogP contribution in [0, 0.1) is 6.92 Å². The summed E-state index contributed by atoms with van der Waals surface area (Å²) in [6, 6.07) is 2.10. The lowest BCUT2D eigenvalue weighted by Gasteiger charge is -2.38. The van der Waals surface area contributed by atoms with Crippen molar-refractivity contribution in [2.24, 2.45) is 0 Å². The van der Waals surface area contributed by atoms with Crippen LogP contribution in [0.4, 0.5) is 5.95 Å². The third-order valence-corrected chi connectivity index (χ3v) is 5.62. The number of hydrogen-bond donors (Lipinski definition) is 2. The molecule has 27 heavy (non-hydrogen) atoms. The van der Waals surface area contributed by atoms with Crippen LogP contribution in [-0.2, 0) is 10.0 Å². The summed E-state index contributed by atoms with van der Waals surface area (Å²) in [4.78, 5) is 13.4. The number of sulfonamides is 1. The molecule has 0 aliphatic heterocycles. The van der Waals surface area contributed by atoms with Gasteiger partial charge in [-0.1, -0.05) is 6.42 Å². The van der Waals surface area contributed by atoms with Crippen LogP contribution in [0.15, 0.2) is 18.5 Å². The number of hydrogen-bond acceptors (Lipinski definition) is 6. The molecule has 148 valence electrons. The first-order valence-electron chi connectivity index (χ1n) is 9.33. The van der Waals surface area contributed by atoms with Crippen molar-refractivity contribution in [1.29, 1.82) is 0 Å². The van der Waals surface area contributed by atoms with E-state index < -0.39 is 15.7 Å². The zero-order chi connectivity index (χ0) is 19.7. The van der Waals surface area contributed by atoms with Gasteiger partial charge in [0.25, 0.3) is 0 Å². The van der Waals surface area contributed by atoms with E-state index in [-0.39, 0.29) is 6.04 Å². The molecule has 0 aromatic carbocycles. The molecular weight excluding hydrogens is 364 g/mol. The fraction of sp³-hybridized carbons (Fsp3) is 0.611. The van der Waals surface area contributed by atoms with Crippen LogP contribution in [-0.4, -0.2) is 39.9 Å². The Morgan fingerprint density at radius 1 is 1.19 bits per heavy atom. The van der Waals surface area contributed by atoms with E-state index in [1.54, 1.807) is 6.20 Å². The highest BCUT2D eigenvalue weighted by Gasteiger charge is 2.35. The molecule has 0 spiro atoms. The Balaban J connectivity index is 1.93. The molecule has 0 radical (unpaired) electrons. The van der Waals surface area contributed by atoms with Gasteiger partial charge in [-0.2, -0.15) is 4.72 Å². The van der Waals surface area contributed by atoms with E-state index in [1.807, 2.05) is 19.2 Å². The quantitative estimate of drug-likeness (QED) is 0.733. The van der Waals surface area contributed by atoms with Crippen LogP contribution < -0.4 is 10.0 Å². The largest absolute Gasteiger partial charge is 0.335 e. The van der Waals surface area contributed by atoms with Gasteiger partial charge in [0, 0.05) is 12.2 Å². The summed E-state index contributed by atoms with van der Waals surface area (Å²) in [7, 11) is -3.36. The lowest BCUT2D eigenvalue weighted by molar-refractivity contribution is 0.303. The number of nitrogens with zero attached hydrogens (tertiary/aromatic N) is 4. The van der Waals surface area contributed by atoms with E-state index in [2.05, 4.69) is 43.4 Å². The summed E-state index contributed by atoms with van der Waals surface area (Å²) in [6.07, 6.45) is 9.10. The van der Waals surface area contributed by atoms with Crippen LogP contribution in [0.3, 0.4) is 0 Å². The normalized spacial score (nSPS) is 17.2. The molecule has 2 heterocycles. The Labute approximate surface area is 160 Å². The molecule has 0 bridgehead atoms. The number of aromatic nitrogens is 4. The molecule has 8 nitrogen and oxygen atoms in total. The first-order valence-corrected chi connectivity index (χ1v) is 11.2. The van der Waals surface area contributed by atoms with Crippen LogP contribution in [0.2, 0.25) is 0 Å². The Bertz CT molecular complexity index is 900. The highest BCUT2D eigenvalue weighted by atomic mass is 32.2. The van der Waals surface area contributed by atoms with Crippen molar-refractivity contribution in [2.75, 3.05) is 11.6 Å². The van der Waals surface area contributed by atoms with Crippen LogP contribution >= 0.6 is 0 Å². The van der Waals surface area contributed by atoms with Gasteiger partial charge in [0.1, 0.15) is 11.5 Å². The van der Waals surface area contributed by atoms with E-state index in [1.165, 1.54) is 6.26 Å². The summed E-state index contributed by atoms with van der Waals surface area (Å²) in [5, 5.41) is 3.27. The lowest BCUT2D eigenvalue weighted by Crippen LogP contribution is -2.55. The van der Waals surface area contributed by atoms with Crippen molar-refractivity contribution in [1.82, 2.24) is 24.2 Å². The van der Waals surface area contributed by atoms with Gasteiger partial charge in [-0.15, -0.1) is 0 Å². The second-order valence-corrected chi connectivity index (χ2v) is 9.31. The van der Waals surface area contributed by atoms with Crippen LogP contribution in [0.1, 0.15) is 57.8 Å². The van der Waals surface area contributed by atoms with Crippen molar-refractivity contribution in [3.05, 3.63) is 24.3 Å². The lowest BCUT2D eigenvalue weighted by atomic mass is 9.90. The van der Waals surface area contributed by atoms with Gasteiger partial charge in [0.2, 0.25) is 16.0 Å². The predicted octanol–water partition coefficient (Wildman–Crippen LogP) is 2.85. The molecule has 0 atom stereocenters. The second-order valence-electron chi connectivity index (χ2n) is 7.56. The van der Waals surface area contributed by atoms with Crippen molar-refractivity contribution >= 4 is 16.0 Å². The fourth-order valence-corrected chi connectivity index (χ4v) is 4.80. The zero-order valence-electron chi connectivity index (χ0n) is 16.4. The Morgan fingerprint density at radius 3 is 2.52 bits per heavy atom. The third kappa shape index (κ3) is 4.65. The molecule has 9 heteroatoms. The monoisotopic (exact) mass is 392 g/mol. The minimum Gasteiger partial charge on any atom is -0.335 e. The maximum atomic E-state index is 11.9. The predicted molar refractivity (Wildman–Crippen MR) is 106 cm³/mol.